The molecule has 4 aromatic rings. The first kappa shape index (κ1) is 39.0. The second-order valence-corrected chi connectivity index (χ2v) is 13.5. The van der Waals surface area contributed by atoms with Crippen molar-refractivity contribution in [2.24, 2.45) is 5.92 Å². The number of allylic oxidation sites excluding steroid dienone is 1. The third kappa shape index (κ3) is 13.1. The number of hydrogen-bond acceptors (Lipinski definition) is 7. The lowest BCUT2D eigenvalue weighted by Gasteiger charge is -2.15. The van der Waals surface area contributed by atoms with Crippen LogP contribution in [0.25, 0.3) is 6.08 Å². The number of nitrogen functional groups attached to an aromatic ring is 1. The van der Waals surface area contributed by atoms with E-state index < -0.39 is 0 Å². The summed E-state index contributed by atoms with van der Waals surface area (Å²) in [6.07, 6.45) is 14.8. The summed E-state index contributed by atoms with van der Waals surface area (Å²) in [5.74, 6) is 0.932. The van der Waals surface area contributed by atoms with E-state index in [-0.39, 0.29) is 30.3 Å². The molecule has 1 heterocycles. The molecule has 0 aliphatic carbocycles. The highest BCUT2D eigenvalue weighted by Crippen LogP contribution is 2.32. The summed E-state index contributed by atoms with van der Waals surface area (Å²) >= 11 is 0. The van der Waals surface area contributed by atoms with Crippen molar-refractivity contribution in [3.05, 3.63) is 124 Å². The number of nitrogens with two attached hydrogens (primary N) is 1. The molecule has 0 unspecified atom stereocenters. The Balaban J connectivity index is 1.42. The number of aliphatic hydroxyl groups is 1. The molecule has 1 aromatic heterocycles. The van der Waals surface area contributed by atoms with E-state index in [2.05, 4.69) is 60.4 Å². The van der Waals surface area contributed by atoms with E-state index in [0.29, 0.717) is 35.9 Å². The Morgan fingerprint density at radius 3 is 2.27 bits per heavy atom. The lowest BCUT2D eigenvalue weighted by molar-refractivity contribution is -0.124. The Kier molecular flexibility index (Phi) is 15.9. The quantitative estimate of drug-likeness (QED) is 0.0559. The van der Waals surface area contributed by atoms with E-state index in [1.165, 1.54) is 29.9 Å². The maximum atomic E-state index is 12.9. The van der Waals surface area contributed by atoms with Gasteiger partial charge in [0.15, 0.2) is 17.3 Å². The number of ether oxygens (including phenoxy) is 1. The number of aryl methyl sites for hydroxylation is 4. The number of anilines is 1. The number of aliphatic hydroxyl groups excluding tert-OH is 1. The summed E-state index contributed by atoms with van der Waals surface area (Å²) in [6.45, 7) is 2.34. The average molecular weight is 691 g/mol. The minimum Gasteiger partial charge on any atom is -0.504 e. The lowest BCUT2D eigenvalue weighted by atomic mass is 9.91. The minimum atomic E-state index is -0.260. The average Bonchev–Trinajstić information content (AvgIpc) is 3.13. The van der Waals surface area contributed by atoms with Gasteiger partial charge in [0.05, 0.1) is 13.5 Å². The Morgan fingerprint density at radius 1 is 0.843 bits per heavy atom. The van der Waals surface area contributed by atoms with Gasteiger partial charge >= 0.3 is 0 Å². The summed E-state index contributed by atoms with van der Waals surface area (Å²) in [7, 11) is 1.49. The third-order valence-electron chi connectivity index (χ3n) is 9.50. The number of hydrogen-bond donors (Lipinski definition) is 3. The van der Waals surface area contributed by atoms with E-state index in [9.17, 15) is 14.7 Å². The molecule has 0 amide bonds. The summed E-state index contributed by atoms with van der Waals surface area (Å²) in [5, 5.41) is 19.9. The lowest BCUT2D eigenvalue weighted by Crippen LogP contribution is -2.07. The number of ketones is 2. The van der Waals surface area contributed by atoms with Gasteiger partial charge in [-0.2, -0.15) is 0 Å². The molecular formula is C44H54N2O5. The number of carbonyl (C=O) groups is 2. The molecule has 0 aliphatic heterocycles. The fraction of sp³-hybridized carbons (Fsp3) is 0.386. The largest absolute Gasteiger partial charge is 0.504 e. The van der Waals surface area contributed by atoms with Crippen LogP contribution in [-0.2, 0) is 41.7 Å². The van der Waals surface area contributed by atoms with E-state index in [1.54, 1.807) is 24.4 Å². The predicted octanol–water partition coefficient (Wildman–Crippen LogP) is 8.44. The summed E-state index contributed by atoms with van der Waals surface area (Å²) < 4.78 is 5.38. The van der Waals surface area contributed by atoms with Crippen LogP contribution in [0.4, 0.5) is 5.82 Å². The van der Waals surface area contributed by atoms with Gasteiger partial charge in [0.25, 0.3) is 0 Å². The van der Waals surface area contributed by atoms with Crippen LogP contribution in [0.3, 0.4) is 0 Å². The Bertz CT molecular complexity index is 1730. The van der Waals surface area contributed by atoms with Gasteiger partial charge < -0.3 is 20.7 Å². The summed E-state index contributed by atoms with van der Waals surface area (Å²) in [5.41, 5.74) is 13.6. The number of carbonyl (C=O) groups excluding carboxylic acids is 2. The maximum Gasteiger partial charge on any atom is 0.163 e. The van der Waals surface area contributed by atoms with Crippen LogP contribution in [0.5, 0.6) is 11.5 Å². The van der Waals surface area contributed by atoms with Crippen LogP contribution < -0.4 is 10.5 Å². The first-order valence-corrected chi connectivity index (χ1v) is 18.4. The highest BCUT2D eigenvalue weighted by molar-refractivity contribution is 6.06. The van der Waals surface area contributed by atoms with Gasteiger partial charge in [0.1, 0.15) is 11.6 Å². The van der Waals surface area contributed by atoms with Gasteiger partial charge in [-0.25, -0.2) is 4.98 Å². The fourth-order valence-corrected chi connectivity index (χ4v) is 6.73. The Hall–Kier alpha value is -4.75. The molecule has 0 bridgehead atoms. The molecule has 4 N–H and O–H groups in total. The Morgan fingerprint density at radius 2 is 1.55 bits per heavy atom. The molecule has 0 radical (unpaired) electrons. The van der Waals surface area contributed by atoms with Crippen LogP contribution in [0.2, 0.25) is 0 Å². The minimum absolute atomic E-state index is 0.00351. The van der Waals surface area contributed by atoms with E-state index >= 15 is 0 Å². The number of pyridine rings is 1. The van der Waals surface area contributed by atoms with Crippen LogP contribution in [0, 0.1) is 5.92 Å². The first-order chi connectivity index (χ1) is 24.8. The van der Waals surface area contributed by atoms with Crippen LogP contribution >= 0.6 is 0 Å². The number of benzene rings is 3. The number of rotatable bonds is 22. The fourth-order valence-electron chi connectivity index (χ4n) is 6.73. The molecule has 1 atom stereocenters. The molecular weight excluding hydrogens is 636 g/mol. The van der Waals surface area contributed by atoms with Gasteiger partial charge in [-0.15, -0.1) is 0 Å². The highest BCUT2D eigenvalue weighted by Gasteiger charge is 2.15. The highest BCUT2D eigenvalue weighted by atomic mass is 16.5. The van der Waals surface area contributed by atoms with Crippen LogP contribution in [-0.4, -0.2) is 40.5 Å². The van der Waals surface area contributed by atoms with Crippen LogP contribution in [0.1, 0.15) is 97.2 Å². The van der Waals surface area contributed by atoms with Crippen LogP contribution in [0.15, 0.2) is 85.1 Å². The molecule has 4 rings (SSSR count). The standard InChI is InChI=1S/C44H54N2O5/c1-3-10-32(16-9-24-47)13-8-17-40(48)30-41(49)23-22-36-28-43(51-2)42(50)27-38(36)26-39-31-46-44(45)29-37(39)21-20-35-15-7-14-34(25-35)19-18-33-11-5-4-6-12-33/h4-7,11-12,14-15,22-23,25,27-29,31-32,47,50H,3,8-10,13,16-21,24,26,30H2,1-2H3,(H2,45,46)/t32-/m0/s1. The molecule has 0 spiro atoms. The number of nitrogens with zero attached hydrogens (tertiary/aromatic N) is 1. The predicted molar refractivity (Wildman–Crippen MR) is 206 cm³/mol. The van der Waals surface area contributed by atoms with Gasteiger partial charge in [0.2, 0.25) is 0 Å². The molecule has 0 aliphatic rings. The SMILES string of the molecule is CCC[C@H](CCCO)CCCC(=O)CC(=O)C=Cc1cc(OC)c(O)cc1Cc1cnc(N)cc1CCc1cccc(CCc2ccccc2)c1. The first-order valence-electron chi connectivity index (χ1n) is 18.4. The number of phenolic OH excluding ortho intramolecular Hbond substituents is 1. The monoisotopic (exact) mass is 690 g/mol. The number of methoxy groups -OCH3 is 1. The third-order valence-corrected chi connectivity index (χ3v) is 9.50. The second kappa shape index (κ2) is 20.8. The summed E-state index contributed by atoms with van der Waals surface area (Å²) in [4.78, 5) is 29.9. The van der Waals surface area contributed by atoms with Gasteiger partial charge in [-0.05, 0) is 121 Å². The molecule has 3 aromatic carbocycles. The molecule has 0 saturated carbocycles. The summed E-state index contributed by atoms with van der Waals surface area (Å²) in [6, 6.07) is 24.5. The maximum absolute atomic E-state index is 12.9. The van der Waals surface area contributed by atoms with E-state index in [0.717, 1.165) is 80.9 Å². The van der Waals surface area contributed by atoms with Crippen molar-refractivity contribution >= 4 is 23.5 Å². The topological polar surface area (TPSA) is 123 Å². The second-order valence-electron chi connectivity index (χ2n) is 13.5. The molecule has 7 heteroatoms. The zero-order valence-corrected chi connectivity index (χ0v) is 30.3. The van der Waals surface area contributed by atoms with Gasteiger partial charge in [0, 0.05) is 19.2 Å². The Labute approximate surface area is 303 Å². The normalized spacial score (nSPS) is 11.9. The van der Waals surface area contributed by atoms with Crippen molar-refractivity contribution in [1.29, 1.82) is 0 Å². The number of aromatic nitrogens is 1. The van der Waals surface area contributed by atoms with Gasteiger partial charge in [-0.1, -0.05) is 86.9 Å². The van der Waals surface area contributed by atoms with Crippen molar-refractivity contribution in [2.45, 2.75) is 90.4 Å². The van der Waals surface area contributed by atoms with E-state index in [4.69, 9.17) is 15.6 Å². The van der Waals surface area contributed by atoms with Crippen molar-refractivity contribution in [3.63, 3.8) is 0 Å². The molecule has 0 saturated heterocycles. The van der Waals surface area contributed by atoms with Gasteiger partial charge in [-0.3, -0.25) is 9.59 Å². The number of Topliss-reactive ketones (excluding diaryl/α,β-unsaturated/α-hetero) is 1. The molecule has 0 fully saturated rings. The van der Waals surface area contributed by atoms with Crippen molar-refractivity contribution in [3.8, 4) is 11.5 Å². The number of phenols is 1. The number of aromatic hydroxyl groups is 1. The molecule has 7 nitrogen and oxygen atoms in total. The zero-order chi connectivity index (χ0) is 36.4. The van der Waals surface area contributed by atoms with Crippen molar-refractivity contribution in [1.82, 2.24) is 4.98 Å². The van der Waals surface area contributed by atoms with Crippen molar-refractivity contribution < 1.29 is 24.5 Å². The van der Waals surface area contributed by atoms with E-state index in [1.807, 2.05) is 12.1 Å². The molecule has 270 valence electrons. The smallest absolute Gasteiger partial charge is 0.163 e. The molecule has 51 heavy (non-hydrogen) atoms. The zero-order valence-electron chi connectivity index (χ0n) is 30.3. The van der Waals surface area contributed by atoms with Crippen molar-refractivity contribution in [2.75, 3.05) is 19.5 Å².